The summed E-state index contributed by atoms with van der Waals surface area (Å²) in [6.45, 7) is 5.16. The van der Waals surface area contributed by atoms with Gasteiger partial charge in [-0.05, 0) is 34.0 Å². The molecule has 90 valence electrons. The number of hydrogen-bond acceptors (Lipinski definition) is 5. The Kier molecular flexibility index (Phi) is 4.20. The van der Waals surface area contributed by atoms with E-state index in [4.69, 9.17) is 10.5 Å². The van der Waals surface area contributed by atoms with Gasteiger partial charge in [-0.2, -0.15) is 5.10 Å². The highest BCUT2D eigenvalue weighted by Gasteiger charge is 2.22. The summed E-state index contributed by atoms with van der Waals surface area (Å²) in [6.07, 6.45) is 1.62. The molecule has 0 saturated carbocycles. The van der Waals surface area contributed by atoms with Gasteiger partial charge >= 0.3 is 0 Å². The van der Waals surface area contributed by atoms with E-state index >= 15 is 0 Å². The topological polar surface area (TPSA) is 64.3 Å². The third-order valence-electron chi connectivity index (χ3n) is 2.76. The molecule has 1 rings (SSSR count). The first kappa shape index (κ1) is 12.9. The first-order valence-corrected chi connectivity index (χ1v) is 5.28. The fourth-order valence-corrected chi connectivity index (χ4v) is 0.996. The normalized spacial score (nSPS) is 11.9. The molecule has 5 nitrogen and oxygen atoms in total. The summed E-state index contributed by atoms with van der Waals surface area (Å²) in [5, 5.41) is 7.74. The summed E-state index contributed by atoms with van der Waals surface area (Å²) in [5.41, 5.74) is 6.42. The van der Waals surface area contributed by atoms with Crippen molar-refractivity contribution in [3.8, 4) is 5.88 Å². The molecule has 0 spiro atoms. The summed E-state index contributed by atoms with van der Waals surface area (Å²) in [6, 6.07) is 1.82. The molecule has 0 aliphatic carbocycles. The Hall–Kier alpha value is -1.20. The number of nitrogens with zero attached hydrogens (tertiary/aromatic N) is 3. The molecule has 1 aromatic rings. The van der Waals surface area contributed by atoms with Gasteiger partial charge in [-0.15, -0.1) is 5.10 Å². The average Bonchev–Trinajstić information content (AvgIpc) is 2.26. The van der Waals surface area contributed by atoms with Crippen molar-refractivity contribution in [2.75, 3.05) is 20.7 Å². The van der Waals surface area contributed by atoms with Crippen LogP contribution in [-0.2, 0) is 6.54 Å². The summed E-state index contributed by atoms with van der Waals surface area (Å²) in [7, 11) is 4.04. The monoisotopic (exact) mass is 224 g/mol. The van der Waals surface area contributed by atoms with Crippen molar-refractivity contribution < 1.29 is 4.74 Å². The molecule has 0 unspecified atom stereocenters. The first-order chi connectivity index (χ1) is 7.47. The molecule has 1 heterocycles. The molecular formula is C11H20N4O. The molecule has 5 heteroatoms. The Morgan fingerprint density at radius 1 is 1.44 bits per heavy atom. The molecule has 0 saturated heterocycles. The minimum absolute atomic E-state index is 0.0522. The van der Waals surface area contributed by atoms with Gasteiger partial charge in [-0.3, -0.25) is 0 Å². The predicted molar refractivity (Wildman–Crippen MR) is 63.2 cm³/mol. The van der Waals surface area contributed by atoms with Crippen molar-refractivity contribution in [3.05, 3.63) is 17.8 Å². The van der Waals surface area contributed by atoms with Gasteiger partial charge in [0.1, 0.15) is 6.61 Å². The van der Waals surface area contributed by atoms with Crippen molar-refractivity contribution in [1.82, 2.24) is 15.1 Å². The van der Waals surface area contributed by atoms with Gasteiger partial charge in [0, 0.05) is 17.6 Å². The van der Waals surface area contributed by atoms with E-state index in [9.17, 15) is 0 Å². The molecule has 0 radical (unpaired) electrons. The van der Waals surface area contributed by atoms with Crippen LogP contribution in [0.15, 0.2) is 12.3 Å². The standard InChI is InChI=1S/C11H20N4O/c1-11(2,15(3)4)8-16-10-9(7-12)5-6-13-14-10/h5-6H,7-8,12H2,1-4H3. The summed E-state index contributed by atoms with van der Waals surface area (Å²) < 4.78 is 5.66. The van der Waals surface area contributed by atoms with Crippen molar-refractivity contribution >= 4 is 0 Å². The van der Waals surface area contributed by atoms with Gasteiger partial charge in [-0.25, -0.2) is 0 Å². The lowest BCUT2D eigenvalue weighted by Gasteiger charge is -2.32. The third-order valence-corrected chi connectivity index (χ3v) is 2.76. The highest BCUT2D eigenvalue weighted by molar-refractivity contribution is 5.22. The SMILES string of the molecule is CN(C)C(C)(C)COc1nnccc1CN. The molecule has 0 amide bonds. The number of hydrogen-bond donors (Lipinski definition) is 1. The van der Waals surface area contributed by atoms with Crippen LogP contribution in [0.3, 0.4) is 0 Å². The second-order valence-electron chi connectivity index (χ2n) is 4.56. The molecule has 2 N–H and O–H groups in total. The maximum absolute atomic E-state index is 5.66. The molecule has 0 aromatic carbocycles. The summed E-state index contributed by atoms with van der Waals surface area (Å²) in [4.78, 5) is 2.10. The van der Waals surface area contributed by atoms with Crippen LogP contribution in [0.1, 0.15) is 19.4 Å². The van der Waals surface area contributed by atoms with E-state index in [1.807, 2.05) is 20.2 Å². The van der Waals surface area contributed by atoms with Gasteiger partial charge in [-0.1, -0.05) is 0 Å². The van der Waals surface area contributed by atoms with E-state index in [-0.39, 0.29) is 5.54 Å². The van der Waals surface area contributed by atoms with Crippen LogP contribution in [-0.4, -0.2) is 41.3 Å². The third kappa shape index (κ3) is 3.15. The Labute approximate surface area is 96.6 Å². The van der Waals surface area contributed by atoms with Crippen LogP contribution in [0.2, 0.25) is 0 Å². The second kappa shape index (κ2) is 5.23. The number of likely N-dealkylation sites (N-methyl/N-ethyl adjacent to an activating group) is 1. The van der Waals surface area contributed by atoms with Gasteiger partial charge in [0.2, 0.25) is 5.88 Å². The summed E-state index contributed by atoms with van der Waals surface area (Å²) in [5.74, 6) is 0.528. The smallest absolute Gasteiger partial charge is 0.238 e. The fraction of sp³-hybridized carbons (Fsp3) is 0.636. The first-order valence-electron chi connectivity index (χ1n) is 5.28. The lowest BCUT2D eigenvalue weighted by Crippen LogP contribution is -2.43. The van der Waals surface area contributed by atoms with Crippen molar-refractivity contribution in [2.24, 2.45) is 5.73 Å². The number of rotatable bonds is 5. The Bertz CT molecular complexity index is 339. The van der Waals surface area contributed by atoms with Crippen LogP contribution in [0, 0.1) is 0 Å². The quantitative estimate of drug-likeness (QED) is 0.795. The molecule has 0 fully saturated rings. The van der Waals surface area contributed by atoms with E-state index in [2.05, 4.69) is 28.9 Å². The number of nitrogens with two attached hydrogens (primary N) is 1. The fourth-order valence-electron chi connectivity index (χ4n) is 0.996. The van der Waals surface area contributed by atoms with Crippen LogP contribution < -0.4 is 10.5 Å². The summed E-state index contributed by atoms with van der Waals surface area (Å²) >= 11 is 0. The van der Waals surface area contributed by atoms with Gasteiger partial charge in [0.15, 0.2) is 0 Å². The molecular weight excluding hydrogens is 204 g/mol. The van der Waals surface area contributed by atoms with E-state index in [1.54, 1.807) is 6.20 Å². The molecule has 0 atom stereocenters. The van der Waals surface area contributed by atoms with E-state index in [0.717, 1.165) is 5.56 Å². The number of aromatic nitrogens is 2. The Balaban J connectivity index is 2.67. The van der Waals surface area contributed by atoms with E-state index in [1.165, 1.54) is 0 Å². The average molecular weight is 224 g/mol. The van der Waals surface area contributed by atoms with Crippen LogP contribution in [0.5, 0.6) is 5.88 Å². The van der Waals surface area contributed by atoms with Gasteiger partial charge < -0.3 is 15.4 Å². The maximum atomic E-state index is 5.66. The molecule has 0 aliphatic rings. The van der Waals surface area contributed by atoms with Gasteiger partial charge in [0.25, 0.3) is 0 Å². The second-order valence-corrected chi connectivity index (χ2v) is 4.56. The highest BCUT2D eigenvalue weighted by atomic mass is 16.5. The molecule has 0 bridgehead atoms. The lowest BCUT2D eigenvalue weighted by molar-refractivity contribution is 0.109. The zero-order chi connectivity index (χ0) is 12.2. The zero-order valence-corrected chi connectivity index (χ0v) is 10.4. The maximum Gasteiger partial charge on any atom is 0.238 e. The molecule has 1 aromatic heterocycles. The minimum Gasteiger partial charge on any atom is -0.474 e. The zero-order valence-electron chi connectivity index (χ0n) is 10.4. The molecule has 0 aliphatic heterocycles. The molecule has 16 heavy (non-hydrogen) atoms. The number of ether oxygens (including phenoxy) is 1. The Morgan fingerprint density at radius 3 is 2.69 bits per heavy atom. The van der Waals surface area contributed by atoms with E-state index < -0.39 is 0 Å². The largest absolute Gasteiger partial charge is 0.474 e. The van der Waals surface area contributed by atoms with Crippen LogP contribution in [0.25, 0.3) is 0 Å². The van der Waals surface area contributed by atoms with E-state index in [0.29, 0.717) is 19.0 Å². The van der Waals surface area contributed by atoms with Crippen LogP contribution >= 0.6 is 0 Å². The van der Waals surface area contributed by atoms with Crippen molar-refractivity contribution in [2.45, 2.75) is 25.9 Å². The minimum atomic E-state index is -0.0522. The van der Waals surface area contributed by atoms with Gasteiger partial charge in [0.05, 0.1) is 6.20 Å². The lowest BCUT2D eigenvalue weighted by atomic mass is 10.1. The van der Waals surface area contributed by atoms with Crippen molar-refractivity contribution in [3.63, 3.8) is 0 Å². The Morgan fingerprint density at radius 2 is 2.12 bits per heavy atom. The highest BCUT2D eigenvalue weighted by Crippen LogP contribution is 2.16. The predicted octanol–water partition coefficient (Wildman–Crippen LogP) is 0.654. The van der Waals surface area contributed by atoms with Crippen LogP contribution in [0.4, 0.5) is 0 Å². The van der Waals surface area contributed by atoms with Crippen molar-refractivity contribution in [1.29, 1.82) is 0 Å².